The average molecular weight is 445 g/mol. The molecule has 0 saturated heterocycles. The molecule has 32 heavy (non-hydrogen) atoms. The molecule has 5 heteroatoms. The third kappa shape index (κ3) is 4.27. The summed E-state index contributed by atoms with van der Waals surface area (Å²) < 4.78 is 6.11. The summed E-state index contributed by atoms with van der Waals surface area (Å²) in [6, 6.07) is 6.89. The number of aromatic hydroxyl groups is 1. The Balaban J connectivity index is 1.74. The summed E-state index contributed by atoms with van der Waals surface area (Å²) in [7, 11) is 0. The molecular formula is C27H40O5. The van der Waals surface area contributed by atoms with E-state index in [1.807, 2.05) is 26.0 Å². The molecule has 0 radical (unpaired) electrons. The lowest BCUT2D eigenvalue weighted by molar-refractivity contribution is -0.161. The van der Waals surface area contributed by atoms with Gasteiger partial charge in [0.25, 0.3) is 0 Å². The number of phenols is 1. The van der Waals surface area contributed by atoms with Crippen molar-refractivity contribution in [3.63, 3.8) is 0 Å². The van der Waals surface area contributed by atoms with Crippen molar-refractivity contribution in [2.75, 3.05) is 0 Å². The van der Waals surface area contributed by atoms with E-state index in [1.54, 1.807) is 19.1 Å². The third-order valence-electron chi connectivity index (χ3n) is 9.37. The van der Waals surface area contributed by atoms with E-state index >= 15 is 0 Å². The zero-order valence-corrected chi connectivity index (χ0v) is 20.5. The Hall–Kier alpha value is -2.04. The van der Waals surface area contributed by atoms with E-state index in [-0.39, 0.29) is 40.5 Å². The molecule has 0 amide bonds. The third-order valence-corrected chi connectivity index (χ3v) is 9.37. The summed E-state index contributed by atoms with van der Waals surface area (Å²) in [6.07, 6.45) is 4.66. The smallest absolute Gasteiger partial charge is 0.309 e. The van der Waals surface area contributed by atoms with Gasteiger partial charge in [-0.3, -0.25) is 9.59 Å². The van der Waals surface area contributed by atoms with Crippen LogP contribution in [-0.2, 0) is 14.3 Å². The van der Waals surface area contributed by atoms with Crippen molar-refractivity contribution < 1.29 is 24.5 Å². The first-order chi connectivity index (χ1) is 14.8. The molecular weight excluding hydrogens is 404 g/mol. The number of carbonyl (C=O) groups excluding carboxylic acids is 1. The molecule has 1 aromatic rings. The molecule has 5 nitrogen and oxygen atoms in total. The second-order valence-corrected chi connectivity index (χ2v) is 11.4. The minimum absolute atomic E-state index is 0.0213. The fourth-order valence-corrected chi connectivity index (χ4v) is 6.10. The van der Waals surface area contributed by atoms with Gasteiger partial charge in [0, 0.05) is 5.41 Å². The number of phenolic OH excluding ortho intramolecular Hbond substituents is 1. The maximum atomic E-state index is 13.1. The number of aliphatic carboxylic acids is 1. The normalized spacial score (nSPS) is 29.8. The van der Waals surface area contributed by atoms with Crippen LogP contribution in [0.4, 0.5) is 0 Å². The Morgan fingerprint density at radius 2 is 1.84 bits per heavy atom. The highest BCUT2D eigenvalue weighted by Crippen LogP contribution is 2.66. The largest absolute Gasteiger partial charge is 0.508 e. The number of hydrogen-bond acceptors (Lipinski definition) is 4. The quantitative estimate of drug-likeness (QED) is 0.446. The Kier molecular flexibility index (Phi) is 6.70. The van der Waals surface area contributed by atoms with E-state index in [0.717, 1.165) is 18.4 Å². The molecule has 2 aliphatic carbocycles. The van der Waals surface area contributed by atoms with Crippen molar-refractivity contribution in [1.29, 1.82) is 0 Å². The molecule has 178 valence electrons. The van der Waals surface area contributed by atoms with Crippen molar-refractivity contribution >= 4 is 11.9 Å². The zero-order valence-electron chi connectivity index (χ0n) is 20.5. The first-order valence-corrected chi connectivity index (χ1v) is 12.1. The zero-order chi connectivity index (χ0) is 23.9. The van der Waals surface area contributed by atoms with Crippen LogP contribution in [-0.4, -0.2) is 28.3 Å². The second-order valence-electron chi connectivity index (χ2n) is 11.4. The highest BCUT2D eigenvalue weighted by molar-refractivity contribution is 5.74. The van der Waals surface area contributed by atoms with Gasteiger partial charge in [-0.2, -0.15) is 0 Å². The van der Waals surface area contributed by atoms with Crippen molar-refractivity contribution in [2.45, 2.75) is 92.1 Å². The first kappa shape index (κ1) is 24.6. The lowest BCUT2D eigenvalue weighted by Gasteiger charge is -2.39. The number of carbonyl (C=O) groups is 2. The number of esters is 1. The first-order valence-electron chi connectivity index (χ1n) is 12.1. The number of fused-ring (bicyclic) bond motifs is 2. The number of ether oxygens (including phenoxy) is 1. The molecule has 2 fully saturated rings. The minimum atomic E-state index is -0.881. The van der Waals surface area contributed by atoms with E-state index in [0.29, 0.717) is 25.2 Å². The molecule has 0 heterocycles. The van der Waals surface area contributed by atoms with Crippen molar-refractivity contribution in [3.05, 3.63) is 29.8 Å². The van der Waals surface area contributed by atoms with Gasteiger partial charge in [-0.05, 0) is 80.4 Å². The van der Waals surface area contributed by atoms with Gasteiger partial charge in [0.2, 0.25) is 0 Å². The van der Waals surface area contributed by atoms with Crippen LogP contribution in [0.3, 0.4) is 0 Å². The molecule has 2 saturated carbocycles. The van der Waals surface area contributed by atoms with Crippen LogP contribution in [0.25, 0.3) is 0 Å². The fourth-order valence-electron chi connectivity index (χ4n) is 6.10. The summed E-state index contributed by atoms with van der Waals surface area (Å²) in [5.74, 6) is -0.691. The Morgan fingerprint density at radius 1 is 1.22 bits per heavy atom. The summed E-state index contributed by atoms with van der Waals surface area (Å²) >= 11 is 0. The van der Waals surface area contributed by atoms with Gasteiger partial charge in [-0.25, -0.2) is 0 Å². The van der Waals surface area contributed by atoms with Crippen LogP contribution in [0, 0.1) is 28.1 Å². The van der Waals surface area contributed by atoms with Crippen LogP contribution in [0.1, 0.15) is 91.5 Å². The van der Waals surface area contributed by atoms with Gasteiger partial charge in [0.15, 0.2) is 0 Å². The fraction of sp³-hybridized carbons (Fsp3) is 0.704. The van der Waals surface area contributed by atoms with E-state index in [2.05, 4.69) is 20.8 Å². The van der Waals surface area contributed by atoms with E-state index < -0.39 is 11.4 Å². The molecule has 3 rings (SSSR count). The number of carboxylic acids is 1. The molecule has 6 atom stereocenters. The molecule has 2 aliphatic rings. The summed E-state index contributed by atoms with van der Waals surface area (Å²) in [4.78, 5) is 25.1. The Morgan fingerprint density at radius 3 is 2.31 bits per heavy atom. The minimum Gasteiger partial charge on any atom is -0.508 e. The van der Waals surface area contributed by atoms with Crippen LogP contribution in [0.5, 0.6) is 5.75 Å². The monoisotopic (exact) mass is 444 g/mol. The standard InChI is InChI=1S/C27H40O5/c1-7-26(5,24(30)31)16-19(18-8-10-21(28)11-9-18)14-17(2)23(29)32-22-15-20-12-13-27(22,6)25(20,3)4/h8-11,17,19-20,22,28H,7,12-16H2,1-6H3,(H,30,31). The van der Waals surface area contributed by atoms with Crippen molar-refractivity contribution in [1.82, 2.24) is 0 Å². The predicted molar refractivity (Wildman–Crippen MR) is 124 cm³/mol. The number of benzene rings is 1. The van der Waals surface area contributed by atoms with Crippen molar-refractivity contribution in [3.8, 4) is 5.75 Å². The summed E-state index contributed by atoms with van der Waals surface area (Å²) in [6.45, 7) is 12.4. The van der Waals surface area contributed by atoms with Crippen LogP contribution >= 0.6 is 0 Å². The van der Waals surface area contributed by atoms with Crippen molar-refractivity contribution in [2.24, 2.45) is 28.1 Å². The molecule has 2 bridgehead atoms. The molecule has 0 aromatic heterocycles. The maximum Gasteiger partial charge on any atom is 0.309 e. The van der Waals surface area contributed by atoms with Gasteiger partial charge < -0.3 is 14.9 Å². The Bertz CT molecular complexity index is 844. The second kappa shape index (κ2) is 8.72. The highest BCUT2D eigenvalue weighted by Gasteiger charge is 2.63. The molecule has 0 spiro atoms. The number of hydrogen-bond donors (Lipinski definition) is 2. The average Bonchev–Trinajstić information content (AvgIpc) is 3.07. The van der Waals surface area contributed by atoms with Crippen LogP contribution in [0.15, 0.2) is 24.3 Å². The molecule has 2 N–H and O–H groups in total. The lowest BCUT2D eigenvalue weighted by Crippen LogP contribution is -2.39. The summed E-state index contributed by atoms with van der Waals surface area (Å²) in [5.41, 5.74) is 0.262. The van der Waals surface area contributed by atoms with Gasteiger partial charge in [0.05, 0.1) is 11.3 Å². The molecule has 1 aromatic carbocycles. The SMILES string of the molecule is CCC(C)(CC(CC(C)C(=O)OC1CC2CCC1(C)C2(C)C)c1ccc(O)cc1)C(=O)O. The van der Waals surface area contributed by atoms with Gasteiger partial charge in [0.1, 0.15) is 11.9 Å². The number of carboxylic acid groups (broad SMARTS) is 1. The van der Waals surface area contributed by atoms with E-state index in [9.17, 15) is 19.8 Å². The highest BCUT2D eigenvalue weighted by atomic mass is 16.5. The summed E-state index contributed by atoms with van der Waals surface area (Å²) in [5, 5.41) is 19.5. The predicted octanol–water partition coefficient (Wildman–Crippen LogP) is 6.15. The van der Waals surface area contributed by atoms with Crippen LogP contribution in [0.2, 0.25) is 0 Å². The van der Waals surface area contributed by atoms with Gasteiger partial charge in [-0.15, -0.1) is 0 Å². The molecule has 6 unspecified atom stereocenters. The van der Waals surface area contributed by atoms with E-state index in [1.165, 1.54) is 6.42 Å². The van der Waals surface area contributed by atoms with Gasteiger partial charge in [-0.1, -0.05) is 46.8 Å². The lowest BCUT2D eigenvalue weighted by atomic mass is 9.70. The van der Waals surface area contributed by atoms with E-state index in [4.69, 9.17) is 4.74 Å². The maximum absolute atomic E-state index is 13.1. The Labute approximate surface area is 192 Å². The molecule has 0 aliphatic heterocycles. The van der Waals surface area contributed by atoms with Gasteiger partial charge >= 0.3 is 11.9 Å². The van der Waals surface area contributed by atoms with Crippen LogP contribution < -0.4 is 0 Å². The topological polar surface area (TPSA) is 83.8 Å². The number of rotatable bonds is 9.